The Kier molecular flexibility index (Phi) is 5.05. The third-order valence-corrected chi connectivity index (χ3v) is 4.63. The normalized spacial score (nSPS) is 30.7. The lowest BCUT2D eigenvalue weighted by atomic mass is 9.55. The summed E-state index contributed by atoms with van der Waals surface area (Å²) in [6.45, 7) is 6.62. The van der Waals surface area contributed by atoms with Crippen LogP contribution in [0.4, 0.5) is 0 Å². The number of ether oxygens (including phenoxy) is 2. The van der Waals surface area contributed by atoms with E-state index >= 15 is 0 Å². The molecule has 0 radical (unpaired) electrons. The highest BCUT2D eigenvalue weighted by atomic mass is 16.5. The molecule has 2 unspecified atom stereocenters. The molecule has 0 heterocycles. The highest BCUT2D eigenvalue weighted by Crippen LogP contribution is 2.52. The zero-order chi connectivity index (χ0) is 13.0. The lowest BCUT2D eigenvalue weighted by Gasteiger charge is -2.56. The van der Waals surface area contributed by atoms with E-state index in [4.69, 9.17) is 15.2 Å². The summed E-state index contributed by atoms with van der Waals surface area (Å²) in [5.74, 6) is 0.604. The smallest absolute Gasteiger partial charge is 0.0704 e. The maximum absolute atomic E-state index is 6.24. The average Bonchev–Trinajstić information content (AvgIpc) is 2.38. The van der Waals surface area contributed by atoms with E-state index in [2.05, 4.69) is 13.8 Å². The van der Waals surface area contributed by atoms with Crippen molar-refractivity contribution in [2.24, 2.45) is 17.1 Å². The summed E-state index contributed by atoms with van der Waals surface area (Å²) in [5, 5.41) is 0. The summed E-state index contributed by atoms with van der Waals surface area (Å²) in [5.41, 5.74) is 6.55. The van der Waals surface area contributed by atoms with Crippen LogP contribution in [0, 0.1) is 11.3 Å². The van der Waals surface area contributed by atoms with Crippen LogP contribution in [0.2, 0.25) is 0 Å². The molecule has 0 amide bonds. The van der Waals surface area contributed by atoms with Crippen LogP contribution in [0.3, 0.4) is 0 Å². The second-order valence-corrected chi connectivity index (χ2v) is 6.46. The van der Waals surface area contributed by atoms with Crippen LogP contribution in [-0.2, 0) is 9.47 Å². The molecule has 2 N–H and O–H groups in total. The monoisotopic (exact) mass is 255 g/mol. The van der Waals surface area contributed by atoms with E-state index in [0.717, 1.165) is 26.2 Å². The maximum atomic E-state index is 6.24. The lowest BCUT2D eigenvalue weighted by molar-refractivity contribution is -0.150. The van der Waals surface area contributed by atoms with Crippen LogP contribution in [0.25, 0.3) is 0 Å². The van der Waals surface area contributed by atoms with Crippen molar-refractivity contribution in [2.75, 3.05) is 19.8 Å². The predicted molar refractivity (Wildman–Crippen MR) is 73.5 cm³/mol. The molecule has 2 fully saturated rings. The average molecular weight is 255 g/mol. The molecule has 1 spiro atoms. The molecule has 3 heteroatoms. The predicted octanol–water partition coefficient (Wildman–Crippen LogP) is 2.73. The first kappa shape index (κ1) is 14.3. The fraction of sp³-hybridized carbons (Fsp3) is 1.00. The maximum Gasteiger partial charge on any atom is 0.0704 e. The Morgan fingerprint density at radius 3 is 2.50 bits per heavy atom. The van der Waals surface area contributed by atoms with Crippen LogP contribution in [0.1, 0.15) is 52.4 Å². The highest BCUT2D eigenvalue weighted by Gasteiger charge is 2.53. The molecular weight excluding hydrogens is 226 g/mol. The highest BCUT2D eigenvalue weighted by molar-refractivity contribution is 5.07. The van der Waals surface area contributed by atoms with Gasteiger partial charge in [0.1, 0.15) is 0 Å². The number of hydrogen-bond acceptors (Lipinski definition) is 3. The third kappa shape index (κ3) is 3.06. The lowest BCUT2D eigenvalue weighted by Crippen LogP contribution is -2.63. The minimum Gasteiger partial charge on any atom is -0.379 e. The Morgan fingerprint density at radius 1 is 1.17 bits per heavy atom. The molecule has 2 saturated carbocycles. The van der Waals surface area contributed by atoms with Gasteiger partial charge in [-0.2, -0.15) is 0 Å². The largest absolute Gasteiger partial charge is 0.379 e. The van der Waals surface area contributed by atoms with Crippen molar-refractivity contribution in [1.82, 2.24) is 0 Å². The molecule has 2 atom stereocenters. The first-order valence-corrected chi connectivity index (χ1v) is 7.60. The van der Waals surface area contributed by atoms with Gasteiger partial charge in [0, 0.05) is 18.1 Å². The van der Waals surface area contributed by atoms with Crippen LogP contribution >= 0.6 is 0 Å². The Balaban J connectivity index is 1.67. The van der Waals surface area contributed by atoms with E-state index in [9.17, 15) is 0 Å². The van der Waals surface area contributed by atoms with E-state index in [0.29, 0.717) is 23.5 Å². The van der Waals surface area contributed by atoms with Crippen molar-refractivity contribution in [1.29, 1.82) is 0 Å². The van der Waals surface area contributed by atoms with Gasteiger partial charge >= 0.3 is 0 Å². The molecule has 0 saturated heterocycles. The molecule has 18 heavy (non-hydrogen) atoms. The summed E-state index contributed by atoms with van der Waals surface area (Å²) in [7, 11) is 0. The molecule has 2 aliphatic carbocycles. The molecule has 0 aromatic carbocycles. The first-order valence-electron chi connectivity index (χ1n) is 7.60. The number of hydrogen-bond donors (Lipinski definition) is 1. The summed E-state index contributed by atoms with van der Waals surface area (Å²) in [6.07, 6.45) is 8.02. The molecule has 0 aromatic heterocycles. The molecule has 0 bridgehead atoms. The van der Waals surface area contributed by atoms with Gasteiger partial charge in [0.2, 0.25) is 0 Å². The van der Waals surface area contributed by atoms with Crippen LogP contribution in [-0.4, -0.2) is 32.0 Å². The van der Waals surface area contributed by atoms with Crippen molar-refractivity contribution in [3.8, 4) is 0 Å². The van der Waals surface area contributed by atoms with Crippen molar-refractivity contribution >= 4 is 0 Å². The van der Waals surface area contributed by atoms with Crippen molar-refractivity contribution < 1.29 is 9.47 Å². The van der Waals surface area contributed by atoms with E-state index in [1.807, 2.05) is 0 Å². The summed E-state index contributed by atoms with van der Waals surface area (Å²) in [4.78, 5) is 0. The van der Waals surface area contributed by atoms with Gasteiger partial charge in [0.05, 0.1) is 19.3 Å². The minimum absolute atomic E-state index is 0.316. The van der Waals surface area contributed by atoms with Crippen molar-refractivity contribution in [3.63, 3.8) is 0 Å². The van der Waals surface area contributed by atoms with Crippen LogP contribution < -0.4 is 5.73 Å². The molecule has 2 rings (SSSR count). The molecule has 2 aliphatic rings. The number of rotatable bonds is 6. The van der Waals surface area contributed by atoms with Gasteiger partial charge in [-0.1, -0.05) is 33.1 Å². The van der Waals surface area contributed by atoms with Gasteiger partial charge in [-0.15, -0.1) is 0 Å². The van der Waals surface area contributed by atoms with E-state index in [1.54, 1.807) is 0 Å². The fourth-order valence-corrected chi connectivity index (χ4v) is 3.48. The Bertz CT molecular complexity index is 249. The van der Waals surface area contributed by atoms with Crippen LogP contribution in [0.15, 0.2) is 0 Å². The fourth-order valence-electron chi connectivity index (χ4n) is 3.48. The summed E-state index contributed by atoms with van der Waals surface area (Å²) in [6, 6.07) is 0.374. The summed E-state index contributed by atoms with van der Waals surface area (Å²) < 4.78 is 11.6. The van der Waals surface area contributed by atoms with Gasteiger partial charge in [0.25, 0.3) is 0 Å². The summed E-state index contributed by atoms with van der Waals surface area (Å²) >= 11 is 0. The molecule has 3 nitrogen and oxygen atoms in total. The number of nitrogens with two attached hydrogens (primary N) is 1. The SMILES string of the molecule is CC(C)COCCOC1CC(N)C12CCCCC2. The van der Waals surface area contributed by atoms with Crippen molar-refractivity contribution in [3.05, 3.63) is 0 Å². The van der Waals surface area contributed by atoms with Gasteiger partial charge in [-0.25, -0.2) is 0 Å². The second kappa shape index (κ2) is 6.36. The molecule has 106 valence electrons. The topological polar surface area (TPSA) is 44.5 Å². The van der Waals surface area contributed by atoms with Gasteiger partial charge in [-0.05, 0) is 25.2 Å². The quantitative estimate of drug-likeness (QED) is 0.742. The zero-order valence-corrected chi connectivity index (χ0v) is 12.0. The molecule has 0 aliphatic heterocycles. The van der Waals surface area contributed by atoms with Gasteiger partial charge in [-0.3, -0.25) is 0 Å². The molecular formula is C15H29NO2. The Labute approximate surface area is 111 Å². The Morgan fingerprint density at radius 2 is 1.89 bits per heavy atom. The van der Waals surface area contributed by atoms with Crippen LogP contribution in [0.5, 0.6) is 0 Å². The van der Waals surface area contributed by atoms with Gasteiger partial charge in [0.15, 0.2) is 0 Å². The van der Waals surface area contributed by atoms with E-state index in [-0.39, 0.29) is 0 Å². The third-order valence-electron chi connectivity index (χ3n) is 4.63. The molecule has 0 aromatic rings. The zero-order valence-electron chi connectivity index (χ0n) is 12.0. The van der Waals surface area contributed by atoms with Gasteiger partial charge < -0.3 is 15.2 Å². The van der Waals surface area contributed by atoms with E-state index in [1.165, 1.54) is 32.1 Å². The van der Waals surface area contributed by atoms with E-state index < -0.39 is 0 Å². The minimum atomic E-state index is 0.316. The van der Waals surface area contributed by atoms with Crippen molar-refractivity contribution in [2.45, 2.75) is 64.5 Å². The Hall–Kier alpha value is -0.120. The second-order valence-electron chi connectivity index (χ2n) is 6.46. The first-order chi connectivity index (χ1) is 8.65. The standard InChI is InChI=1S/C15H29NO2/c1-12(2)11-17-8-9-18-14-10-13(16)15(14)6-4-3-5-7-15/h12-14H,3-11,16H2,1-2H3.